The molecule has 0 aliphatic rings. The van der Waals surface area contributed by atoms with E-state index in [4.69, 9.17) is 51.6 Å². The molecule has 0 saturated heterocycles. The molecule has 0 spiro atoms. The number of aliphatic carboxylic acids is 1. The van der Waals surface area contributed by atoms with Crippen molar-refractivity contribution in [3.63, 3.8) is 0 Å². The second kappa shape index (κ2) is 18.0. The molecule has 0 bridgehead atoms. The van der Waals surface area contributed by atoms with Gasteiger partial charge in [0.15, 0.2) is 0 Å². The number of carboxylic acid groups (broad SMARTS) is 1. The number of unbranched alkanes of at least 4 members (excludes halogenated alkanes) is 1. The monoisotopic (exact) mass is 386 g/mol. The molecule has 0 heterocycles. The number of carbonyl (C=O) groups is 1. The van der Waals surface area contributed by atoms with Crippen molar-refractivity contribution in [2.24, 2.45) is 11.5 Å². The van der Waals surface area contributed by atoms with Crippen molar-refractivity contribution in [3.05, 3.63) is 0 Å². The molecule has 22 heavy (non-hydrogen) atoms. The third kappa shape index (κ3) is 85.6. The Bertz CT molecular complexity index is 408. The molecular weight excluding hydrogens is 373 g/mol. The zero-order chi connectivity index (χ0) is 17.0. The second-order valence-corrected chi connectivity index (χ2v) is 4.68. The molecule has 12 nitrogen and oxygen atoms in total. The smallest absolute Gasteiger partial charge is 0.759 e. The molecule has 0 amide bonds. The molecule has 16 heteroatoms. The maximum absolute atomic E-state index is 10.1. The molecule has 0 aromatic rings. The van der Waals surface area contributed by atoms with Crippen molar-refractivity contribution < 1.29 is 44.9 Å². The largest absolute Gasteiger partial charge is 2.00 e. The third-order valence-electron chi connectivity index (χ3n) is 1.29. The topological polar surface area (TPSA) is 250 Å². The molecule has 0 radical (unpaired) electrons. The molecule has 0 rings (SSSR count). The van der Waals surface area contributed by atoms with Crippen molar-refractivity contribution in [2.75, 3.05) is 6.54 Å². The second-order valence-electron chi connectivity index (χ2n) is 3.05. The van der Waals surface area contributed by atoms with Crippen LogP contribution in [0.3, 0.4) is 0 Å². The van der Waals surface area contributed by atoms with Gasteiger partial charge in [0, 0.05) is 20.8 Å². The molecule has 124 valence electrons. The summed E-state index contributed by atoms with van der Waals surface area (Å²) in [5.74, 6) is -0.933. The van der Waals surface area contributed by atoms with Crippen LogP contribution < -0.4 is 11.5 Å². The van der Waals surface area contributed by atoms with Gasteiger partial charge in [-0.05, 0) is 19.4 Å². The predicted octanol–water partition coefficient (Wildman–Crippen LogP) is -3.91. The molecule has 0 saturated carbocycles. The van der Waals surface area contributed by atoms with Crippen LogP contribution in [0.2, 0.25) is 0 Å². The van der Waals surface area contributed by atoms with E-state index in [1.54, 1.807) is 0 Å². The van der Waals surface area contributed by atoms with E-state index in [-0.39, 0.29) is 46.1 Å². The number of rotatable bonds is 5. The van der Waals surface area contributed by atoms with Crippen LogP contribution in [-0.4, -0.2) is 105 Å². The quantitative estimate of drug-likeness (QED) is 0.177. The van der Waals surface area contributed by atoms with E-state index in [1.165, 1.54) is 0 Å². The first-order chi connectivity index (χ1) is 8.68. The number of hydrogen-bond acceptors (Lipinski definition) is 11. The first-order valence-electron chi connectivity index (χ1n) is 4.70. The van der Waals surface area contributed by atoms with Gasteiger partial charge in [-0.3, -0.25) is 21.6 Å². The van der Waals surface area contributed by atoms with Gasteiger partial charge in [0.1, 0.15) is 6.04 Å². The fraction of sp³-hybridized carbons (Fsp3) is 0.833. The maximum Gasteiger partial charge on any atom is 2.00 e. The standard InChI is InChI=1S/C6H14N2O2.2Mg.2H2O4S/c7-4-2-1-3-5(8)6(9)10;;;2*1-5(2,3)4/h5H,1-4,7-8H2,(H,9,10);;;2*(H2,1,2,3,4)/q;2*+2;;/p-4/t5-;;;;/m0..../s1. The normalized spacial score (nSPS) is 11.2. The van der Waals surface area contributed by atoms with Crippen LogP contribution in [-0.2, 0) is 25.6 Å². The summed E-state index contributed by atoms with van der Waals surface area (Å²) in [5, 5.41) is 8.33. The van der Waals surface area contributed by atoms with Crippen LogP contribution in [0.15, 0.2) is 0 Å². The van der Waals surface area contributed by atoms with Gasteiger partial charge in [0.05, 0.1) is 0 Å². The van der Waals surface area contributed by atoms with Gasteiger partial charge < -0.3 is 34.8 Å². The first-order valence-corrected chi connectivity index (χ1v) is 7.37. The minimum atomic E-state index is -5.17. The molecule has 0 fully saturated rings. The molecule has 5 N–H and O–H groups in total. The van der Waals surface area contributed by atoms with E-state index in [2.05, 4.69) is 0 Å². The van der Waals surface area contributed by atoms with E-state index in [0.29, 0.717) is 13.0 Å². The van der Waals surface area contributed by atoms with E-state index >= 15 is 0 Å². The van der Waals surface area contributed by atoms with E-state index in [1.807, 2.05) is 0 Å². The fourth-order valence-electron chi connectivity index (χ4n) is 0.632. The Labute approximate surface area is 160 Å². The van der Waals surface area contributed by atoms with Crippen LogP contribution in [0.4, 0.5) is 0 Å². The summed E-state index contributed by atoms with van der Waals surface area (Å²) in [4.78, 5) is 10.1. The van der Waals surface area contributed by atoms with Crippen molar-refractivity contribution in [2.45, 2.75) is 25.3 Å². The third-order valence-corrected chi connectivity index (χ3v) is 1.29. The minimum absolute atomic E-state index is 0. The summed E-state index contributed by atoms with van der Waals surface area (Å²) < 4.78 is 68.2. The van der Waals surface area contributed by atoms with Gasteiger partial charge in [0.25, 0.3) is 0 Å². The summed E-state index contributed by atoms with van der Waals surface area (Å²) in [6, 6.07) is -0.716. The summed E-state index contributed by atoms with van der Waals surface area (Å²) in [6.45, 7) is 0.604. The Kier molecular flexibility index (Phi) is 27.9. The van der Waals surface area contributed by atoms with Crippen molar-refractivity contribution in [1.82, 2.24) is 0 Å². The van der Waals surface area contributed by atoms with Gasteiger partial charge in [-0.2, -0.15) is 0 Å². The van der Waals surface area contributed by atoms with Gasteiger partial charge in [-0.1, -0.05) is 6.42 Å². The molecule has 1 atom stereocenters. The molecular formula is C6H14Mg2N2O10S2. The first kappa shape index (κ1) is 34.1. The zero-order valence-corrected chi connectivity index (χ0v) is 15.9. The number of nitrogens with two attached hydrogens (primary N) is 2. The van der Waals surface area contributed by atoms with Crippen molar-refractivity contribution in [1.29, 1.82) is 0 Å². The van der Waals surface area contributed by atoms with Gasteiger partial charge in [-0.25, -0.2) is 0 Å². The molecule has 0 aliphatic heterocycles. The van der Waals surface area contributed by atoms with Gasteiger partial charge >= 0.3 is 52.1 Å². The number of hydrogen-bond donors (Lipinski definition) is 3. The summed E-state index contributed by atoms with van der Waals surface area (Å²) in [7, 11) is -10.3. The molecule has 0 unspecified atom stereocenters. The molecule has 0 aromatic carbocycles. The Morgan fingerprint density at radius 2 is 1.23 bits per heavy atom. The molecule has 0 aliphatic carbocycles. The van der Waals surface area contributed by atoms with Crippen LogP contribution >= 0.6 is 0 Å². The van der Waals surface area contributed by atoms with E-state index in [0.717, 1.165) is 12.8 Å². The summed E-state index contributed by atoms with van der Waals surface area (Å²) in [5.41, 5.74) is 10.4. The minimum Gasteiger partial charge on any atom is -0.759 e. The van der Waals surface area contributed by atoms with Crippen LogP contribution in [0, 0.1) is 0 Å². The van der Waals surface area contributed by atoms with Crippen LogP contribution in [0.25, 0.3) is 0 Å². The fourth-order valence-corrected chi connectivity index (χ4v) is 0.632. The molecule has 0 aromatic heterocycles. The van der Waals surface area contributed by atoms with Crippen LogP contribution in [0.5, 0.6) is 0 Å². The number of carboxylic acids is 1. The van der Waals surface area contributed by atoms with E-state index in [9.17, 15) is 4.79 Å². The zero-order valence-electron chi connectivity index (χ0n) is 11.4. The Morgan fingerprint density at radius 3 is 1.41 bits per heavy atom. The van der Waals surface area contributed by atoms with Gasteiger partial charge in [0.2, 0.25) is 0 Å². The predicted molar refractivity (Wildman–Crippen MR) is 71.0 cm³/mol. The average molecular weight is 387 g/mol. The Balaban J connectivity index is -0.0000000692. The maximum atomic E-state index is 10.1. The van der Waals surface area contributed by atoms with Crippen molar-refractivity contribution >= 4 is 72.9 Å². The SMILES string of the molecule is NCCCC[C@H](N)C(=O)O.O=S(=O)([O-])[O-].O=S(=O)([O-])[O-].[Mg+2].[Mg+2]. The van der Waals surface area contributed by atoms with Gasteiger partial charge in [-0.15, -0.1) is 0 Å². The Hall–Kier alpha value is 0.662. The average Bonchev–Trinajstić information content (AvgIpc) is 2.12. The van der Waals surface area contributed by atoms with Crippen LogP contribution in [0.1, 0.15) is 19.3 Å². The van der Waals surface area contributed by atoms with Crippen molar-refractivity contribution in [3.8, 4) is 0 Å². The Morgan fingerprint density at radius 1 is 0.955 bits per heavy atom. The van der Waals surface area contributed by atoms with E-state index < -0.39 is 32.8 Å². The summed E-state index contributed by atoms with van der Waals surface area (Å²) in [6.07, 6.45) is 2.16. The summed E-state index contributed by atoms with van der Waals surface area (Å²) >= 11 is 0.